The van der Waals surface area contributed by atoms with Crippen LogP contribution < -0.4 is 0 Å². The fourth-order valence-electron chi connectivity index (χ4n) is 3.67. The SMILES string of the molecule is CN(C(=O)C1CCCN(S(=O)(=O)c2ccc(Br)cc2)C1)C1CCS(=O)(=O)C1. The van der Waals surface area contributed by atoms with E-state index in [0.717, 1.165) is 4.47 Å². The summed E-state index contributed by atoms with van der Waals surface area (Å²) >= 11 is 3.29. The molecular formula is C17H23BrN2O5S2. The fourth-order valence-corrected chi connectivity index (χ4v) is 7.23. The lowest BCUT2D eigenvalue weighted by molar-refractivity contribution is -0.137. The van der Waals surface area contributed by atoms with Gasteiger partial charge >= 0.3 is 0 Å². The molecule has 2 aliphatic heterocycles. The molecule has 7 nitrogen and oxygen atoms in total. The molecule has 0 aliphatic carbocycles. The average Bonchev–Trinajstić information content (AvgIpc) is 3.01. The molecule has 0 radical (unpaired) electrons. The van der Waals surface area contributed by atoms with Crippen molar-refractivity contribution in [2.45, 2.75) is 30.2 Å². The Morgan fingerprint density at radius 3 is 2.48 bits per heavy atom. The largest absolute Gasteiger partial charge is 0.341 e. The van der Waals surface area contributed by atoms with Crippen LogP contribution in [0.5, 0.6) is 0 Å². The van der Waals surface area contributed by atoms with Gasteiger partial charge in [0.25, 0.3) is 0 Å². The Labute approximate surface area is 168 Å². The van der Waals surface area contributed by atoms with Gasteiger partial charge in [0, 0.05) is 30.7 Å². The molecule has 3 rings (SSSR count). The van der Waals surface area contributed by atoms with Gasteiger partial charge in [0.05, 0.1) is 22.3 Å². The van der Waals surface area contributed by atoms with Crippen molar-refractivity contribution in [1.82, 2.24) is 9.21 Å². The molecule has 2 unspecified atom stereocenters. The number of hydrogen-bond donors (Lipinski definition) is 0. The van der Waals surface area contributed by atoms with Crippen LogP contribution in [0.1, 0.15) is 19.3 Å². The predicted octanol–water partition coefficient (Wildman–Crippen LogP) is 1.50. The van der Waals surface area contributed by atoms with E-state index < -0.39 is 25.8 Å². The number of piperidine rings is 1. The molecule has 10 heteroatoms. The Morgan fingerprint density at radius 2 is 1.89 bits per heavy atom. The smallest absolute Gasteiger partial charge is 0.243 e. The normalized spacial score (nSPS) is 26.0. The number of nitrogens with zero attached hydrogens (tertiary/aromatic N) is 2. The van der Waals surface area contributed by atoms with Crippen LogP contribution in [0.4, 0.5) is 0 Å². The Morgan fingerprint density at radius 1 is 1.22 bits per heavy atom. The van der Waals surface area contributed by atoms with Crippen LogP contribution in [-0.4, -0.2) is 69.6 Å². The van der Waals surface area contributed by atoms with Crippen molar-refractivity contribution in [1.29, 1.82) is 0 Å². The second-order valence-corrected chi connectivity index (χ2v) is 12.2. The molecule has 1 aromatic rings. The zero-order valence-electron chi connectivity index (χ0n) is 15.0. The Hall–Kier alpha value is -0.970. The molecule has 0 N–H and O–H groups in total. The fraction of sp³-hybridized carbons (Fsp3) is 0.588. The highest BCUT2D eigenvalue weighted by Gasteiger charge is 2.38. The molecule has 0 aromatic heterocycles. The molecule has 2 aliphatic rings. The minimum atomic E-state index is -3.66. The van der Waals surface area contributed by atoms with E-state index >= 15 is 0 Å². The quantitative estimate of drug-likeness (QED) is 0.653. The maximum Gasteiger partial charge on any atom is 0.243 e. The van der Waals surface area contributed by atoms with E-state index in [9.17, 15) is 21.6 Å². The maximum absolute atomic E-state index is 12.9. The van der Waals surface area contributed by atoms with Crippen LogP contribution in [0.3, 0.4) is 0 Å². The highest BCUT2D eigenvalue weighted by atomic mass is 79.9. The van der Waals surface area contributed by atoms with Crippen molar-refractivity contribution in [3.05, 3.63) is 28.7 Å². The number of hydrogen-bond acceptors (Lipinski definition) is 5. The van der Waals surface area contributed by atoms with Gasteiger partial charge in [0.2, 0.25) is 15.9 Å². The van der Waals surface area contributed by atoms with Crippen LogP contribution in [0.2, 0.25) is 0 Å². The molecule has 1 amide bonds. The summed E-state index contributed by atoms with van der Waals surface area (Å²) in [6, 6.07) is 6.11. The van der Waals surface area contributed by atoms with Gasteiger partial charge in [-0.2, -0.15) is 4.31 Å². The summed E-state index contributed by atoms with van der Waals surface area (Å²) in [6.45, 7) is 0.505. The van der Waals surface area contributed by atoms with Gasteiger partial charge in [0.1, 0.15) is 0 Å². The first kappa shape index (κ1) is 20.8. The lowest BCUT2D eigenvalue weighted by atomic mass is 9.97. The number of sulfone groups is 1. The van der Waals surface area contributed by atoms with Gasteiger partial charge < -0.3 is 4.90 Å². The summed E-state index contributed by atoms with van der Waals surface area (Å²) in [6.07, 6.45) is 1.65. The maximum atomic E-state index is 12.9. The Balaban J connectivity index is 1.72. The molecule has 150 valence electrons. The zero-order chi connectivity index (χ0) is 19.8. The topological polar surface area (TPSA) is 91.8 Å². The monoisotopic (exact) mass is 478 g/mol. The molecule has 2 heterocycles. The lowest BCUT2D eigenvalue weighted by Gasteiger charge is -2.34. The van der Waals surface area contributed by atoms with E-state index in [4.69, 9.17) is 0 Å². The molecule has 0 spiro atoms. The van der Waals surface area contributed by atoms with Gasteiger partial charge in [0.15, 0.2) is 9.84 Å². The van der Waals surface area contributed by atoms with Crippen molar-refractivity contribution < 1.29 is 21.6 Å². The first-order valence-corrected chi connectivity index (χ1v) is 12.9. The second-order valence-electron chi connectivity index (χ2n) is 7.16. The first-order chi connectivity index (χ1) is 12.6. The number of carbonyl (C=O) groups is 1. The molecule has 0 saturated carbocycles. The minimum Gasteiger partial charge on any atom is -0.341 e. The molecule has 1 aromatic carbocycles. The van der Waals surface area contributed by atoms with Crippen LogP contribution in [-0.2, 0) is 24.7 Å². The third-order valence-electron chi connectivity index (χ3n) is 5.29. The molecule has 2 atom stereocenters. The highest BCUT2D eigenvalue weighted by molar-refractivity contribution is 9.10. The predicted molar refractivity (Wildman–Crippen MR) is 105 cm³/mol. The van der Waals surface area contributed by atoms with Crippen molar-refractivity contribution in [2.24, 2.45) is 5.92 Å². The number of rotatable bonds is 4. The number of amides is 1. The zero-order valence-corrected chi connectivity index (χ0v) is 18.3. The minimum absolute atomic E-state index is 0.0110. The molecule has 27 heavy (non-hydrogen) atoms. The van der Waals surface area contributed by atoms with Gasteiger partial charge in [-0.15, -0.1) is 0 Å². The van der Waals surface area contributed by atoms with Gasteiger partial charge in [-0.05, 0) is 43.5 Å². The number of halogens is 1. The third-order valence-corrected chi connectivity index (χ3v) is 9.45. The summed E-state index contributed by atoms with van der Waals surface area (Å²) in [5.74, 6) is -0.530. The molecule has 2 fully saturated rings. The van der Waals surface area contributed by atoms with E-state index in [2.05, 4.69) is 15.9 Å². The van der Waals surface area contributed by atoms with Crippen molar-refractivity contribution in [2.75, 3.05) is 31.6 Å². The van der Waals surface area contributed by atoms with Crippen LogP contribution in [0.15, 0.2) is 33.6 Å². The highest BCUT2D eigenvalue weighted by Crippen LogP contribution is 2.27. The molecule has 0 bridgehead atoms. The summed E-state index contributed by atoms with van der Waals surface area (Å²) in [5.41, 5.74) is 0. The first-order valence-electron chi connectivity index (χ1n) is 8.83. The number of benzene rings is 1. The van der Waals surface area contributed by atoms with E-state index in [1.807, 2.05) is 0 Å². The summed E-state index contributed by atoms with van der Waals surface area (Å²) < 4.78 is 51.3. The van der Waals surface area contributed by atoms with Crippen LogP contribution >= 0.6 is 15.9 Å². The lowest BCUT2D eigenvalue weighted by Crippen LogP contribution is -2.48. The van der Waals surface area contributed by atoms with Gasteiger partial charge in [-0.3, -0.25) is 4.79 Å². The van der Waals surface area contributed by atoms with Crippen molar-refractivity contribution in [3.63, 3.8) is 0 Å². The Kier molecular flexibility index (Phi) is 6.00. The second kappa shape index (κ2) is 7.81. The standard InChI is InChI=1S/C17H23BrN2O5S2/c1-19(15-8-10-26(22,23)12-15)17(21)13-3-2-9-20(11-13)27(24,25)16-6-4-14(18)5-7-16/h4-7,13,15H,2-3,8-12H2,1H3. The number of carbonyl (C=O) groups excluding carboxylic acids is 1. The van der Waals surface area contributed by atoms with E-state index in [1.165, 1.54) is 9.21 Å². The van der Waals surface area contributed by atoms with Crippen LogP contribution in [0, 0.1) is 5.92 Å². The average molecular weight is 479 g/mol. The van der Waals surface area contributed by atoms with E-state index in [-0.39, 0.29) is 34.9 Å². The van der Waals surface area contributed by atoms with Crippen molar-refractivity contribution >= 4 is 41.7 Å². The van der Waals surface area contributed by atoms with Gasteiger partial charge in [-0.25, -0.2) is 16.8 Å². The summed E-state index contributed by atoms with van der Waals surface area (Å²) in [4.78, 5) is 14.6. The number of sulfonamides is 1. The third kappa shape index (κ3) is 4.55. The molecule has 2 saturated heterocycles. The van der Waals surface area contributed by atoms with Crippen LogP contribution in [0.25, 0.3) is 0 Å². The molecular weight excluding hydrogens is 456 g/mol. The Bertz CT molecular complexity index is 915. The summed E-state index contributed by atoms with van der Waals surface area (Å²) in [7, 11) is -5.12. The van der Waals surface area contributed by atoms with Crippen molar-refractivity contribution in [3.8, 4) is 0 Å². The summed E-state index contributed by atoms with van der Waals surface area (Å²) in [5, 5.41) is 0. The van der Waals surface area contributed by atoms with E-state index in [1.54, 1.807) is 31.3 Å². The van der Waals surface area contributed by atoms with E-state index in [0.29, 0.717) is 25.8 Å². The van der Waals surface area contributed by atoms with Gasteiger partial charge in [-0.1, -0.05) is 15.9 Å².